The van der Waals surface area contributed by atoms with Gasteiger partial charge in [0.2, 0.25) is 0 Å². The molecule has 1 heterocycles. The van der Waals surface area contributed by atoms with Crippen molar-refractivity contribution in [3.05, 3.63) is 34.7 Å². The van der Waals surface area contributed by atoms with E-state index >= 15 is 0 Å². The minimum Gasteiger partial charge on any atom is -0.469 e. The van der Waals surface area contributed by atoms with Gasteiger partial charge < -0.3 is 18.8 Å². The first-order valence-corrected chi connectivity index (χ1v) is 8.57. The highest BCUT2D eigenvalue weighted by Crippen LogP contribution is 2.30. The summed E-state index contributed by atoms with van der Waals surface area (Å²) >= 11 is 6.09. The standard InChI is InChI=1S/C18H21ClFNO5/c1-24-9-4-10-26-18(23)13-11-14-12(16(19)17(13)20)6-8-21(14)7-3-5-15(22)25-2/h6,8,11H,3-5,7,9-10H2,1-2H3. The molecule has 0 aliphatic heterocycles. The number of carbonyl (C=O) groups excluding carboxylic acids is 2. The van der Waals surface area contributed by atoms with Gasteiger partial charge in [-0.2, -0.15) is 0 Å². The summed E-state index contributed by atoms with van der Waals surface area (Å²) in [4.78, 5) is 23.4. The zero-order valence-electron chi connectivity index (χ0n) is 14.7. The van der Waals surface area contributed by atoms with Crippen LogP contribution in [0.2, 0.25) is 5.02 Å². The Labute approximate surface area is 155 Å². The monoisotopic (exact) mass is 385 g/mol. The van der Waals surface area contributed by atoms with Crippen molar-refractivity contribution in [1.82, 2.24) is 4.57 Å². The highest BCUT2D eigenvalue weighted by atomic mass is 35.5. The van der Waals surface area contributed by atoms with Crippen molar-refractivity contribution in [2.24, 2.45) is 0 Å². The second kappa shape index (κ2) is 9.54. The maximum Gasteiger partial charge on any atom is 0.341 e. The van der Waals surface area contributed by atoms with Crippen molar-refractivity contribution in [3.63, 3.8) is 0 Å². The van der Waals surface area contributed by atoms with Gasteiger partial charge in [-0.15, -0.1) is 0 Å². The zero-order chi connectivity index (χ0) is 19.1. The van der Waals surface area contributed by atoms with Gasteiger partial charge in [-0.05, 0) is 18.6 Å². The summed E-state index contributed by atoms with van der Waals surface area (Å²) in [6, 6.07) is 3.10. The second-order valence-electron chi connectivity index (χ2n) is 5.66. The van der Waals surface area contributed by atoms with Gasteiger partial charge in [-0.25, -0.2) is 9.18 Å². The van der Waals surface area contributed by atoms with E-state index in [0.717, 1.165) is 0 Å². The molecule has 2 rings (SSSR count). The van der Waals surface area contributed by atoms with Crippen LogP contribution < -0.4 is 0 Å². The van der Waals surface area contributed by atoms with Gasteiger partial charge in [0.25, 0.3) is 0 Å². The molecule has 0 radical (unpaired) electrons. The normalized spacial score (nSPS) is 10.9. The summed E-state index contributed by atoms with van der Waals surface area (Å²) < 4.78 is 30.8. The van der Waals surface area contributed by atoms with Crippen molar-refractivity contribution in [2.75, 3.05) is 27.4 Å². The lowest BCUT2D eigenvalue weighted by atomic mass is 10.1. The molecule has 0 aliphatic rings. The summed E-state index contributed by atoms with van der Waals surface area (Å²) in [5.41, 5.74) is 0.387. The number of halogens is 2. The summed E-state index contributed by atoms with van der Waals surface area (Å²) in [6.45, 7) is 1.07. The van der Waals surface area contributed by atoms with Crippen molar-refractivity contribution < 1.29 is 28.2 Å². The third-order valence-corrected chi connectivity index (χ3v) is 4.28. The van der Waals surface area contributed by atoms with Gasteiger partial charge >= 0.3 is 11.9 Å². The molecule has 1 aromatic heterocycles. The van der Waals surface area contributed by atoms with Crippen molar-refractivity contribution in [1.29, 1.82) is 0 Å². The first-order valence-electron chi connectivity index (χ1n) is 8.19. The number of nitrogens with zero attached hydrogens (tertiary/aromatic N) is 1. The van der Waals surface area contributed by atoms with E-state index in [1.807, 2.05) is 4.57 Å². The van der Waals surface area contributed by atoms with E-state index < -0.39 is 11.8 Å². The third-order valence-electron chi connectivity index (χ3n) is 3.91. The number of hydrogen-bond acceptors (Lipinski definition) is 5. The van der Waals surface area contributed by atoms with E-state index in [1.165, 1.54) is 13.2 Å². The molecular formula is C18H21ClFNO5. The van der Waals surface area contributed by atoms with Gasteiger partial charge in [-0.3, -0.25) is 4.79 Å². The Morgan fingerprint density at radius 2 is 2.00 bits per heavy atom. The Morgan fingerprint density at radius 1 is 1.23 bits per heavy atom. The first-order chi connectivity index (χ1) is 12.5. The van der Waals surface area contributed by atoms with E-state index in [0.29, 0.717) is 36.9 Å². The average Bonchev–Trinajstić information content (AvgIpc) is 3.04. The van der Waals surface area contributed by atoms with Gasteiger partial charge in [0, 0.05) is 44.7 Å². The molecule has 8 heteroatoms. The van der Waals surface area contributed by atoms with Crippen LogP contribution in [-0.4, -0.2) is 43.9 Å². The Bertz CT molecular complexity index is 789. The smallest absolute Gasteiger partial charge is 0.341 e. The molecule has 0 atom stereocenters. The van der Waals surface area contributed by atoms with E-state index in [2.05, 4.69) is 4.74 Å². The molecule has 6 nitrogen and oxygen atoms in total. The lowest BCUT2D eigenvalue weighted by Crippen LogP contribution is -2.11. The van der Waals surface area contributed by atoms with Crippen molar-refractivity contribution in [2.45, 2.75) is 25.8 Å². The summed E-state index contributed by atoms with van der Waals surface area (Å²) in [6.07, 6.45) is 3.06. The van der Waals surface area contributed by atoms with E-state index in [-0.39, 0.29) is 29.6 Å². The van der Waals surface area contributed by atoms with Crippen LogP contribution in [0.5, 0.6) is 0 Å². The maximum absolute atomic E-state index is 14.4. The molecule has 0 N–H and O–H groups in total. The Hall–Kier alpha value is -2.12. The number of hydrogen-bond donors (Lipinski definition) is 0. The van der Waals surface area contributed by atoms with Crippen LogP contribution in [0.4, 0.5) is 4.39 Å². The molecule has 0 amide bonds. The minimum atomic E-state index is -0.803. The zero-order valence-corrected chi connectivity index (χ0v) is 15.5. The predicted molar refractivity (Wildman–Crippen MR) is 94.9 cm³/mol. The number of carbonyl (C=O) groups is 2. The molecule has 0 aliphatic carbocycles. The van der Waals surface area contributed by atoms with Crippen molar-refractivity contribution >= 4 is 34.4 Å². The SMILES string of the molecule is COCCCOC(=O)c1cc2c(ccn2CCCC(=O)OC)c(Cl)c1F. The molecule has 0 bridgehead atoms. The lowest BCUT2D eigenvalue weighted by molar-refractivity contribution is -0.140. The van der Waals surface area contributed by atoms with Crippen LogP contribution in [0.3, 0.4) is 0 Å². The number of esters is 2. The number of aromatic nitrogens is 1. The number of ether oxygens (including phenoxy) is 3. The van der Waals surface area contributed by atoms with Crippen LogP contribution >= 0.6 is 11.6 Å². The van der Waals surface area contributed by atoms with Crippen LogP contribution in [0.1, 0.15) is 29.6 Å². The number of rotatable bonds is 9. The summed E-state index contributed by atoms with van der Waals surface area (Å²) in [5.74, 6) is -1.88. The number of benzene rings is 1. The quantitative estimate of drug-likeness (QED) is 0.487. The topological polar surface area (TPSA) is 66.8 Å². The lowest BCUT2D eigenvalue weighted by Gasteiger charge is -2.10. The van der Waals surface area contributed by atoms with Crippen LogP contribution in [-0.2, 0) is 25.5 Å². The predicted octanol–water partition coefficient (Wildman–Crippen LogP) is 3.58. The van der Waals surface area contributed by atoms with Gasteiger partial charge in [-0.1, -0.05) is 11.6 Å². The highest BCUT2D eigenvalue weighted by Gasteiger charge is 2.20. The molecule has 0 saturated carbocycles. The number of methoxy groups -OCH3 is 2. The maximum atomic E-state index is 14.4. The van der Waals surface area contributed by atoms with Gasteiger partial charge in [0.05, 0.1) is 29.8 Å². The average molecular weight is 386 g/mol. The molecular weight excluding hydrogens is 365 g/mol. The molecule has 26 heavy (non-hydrogen) atoms. The van der Waals surface area contributed by atoms with Crippen LogP contribution in [0.25, 0.3) is 10.9 Å². The number of fused-ring (bicyclic) bond motifs is 1. The van der Waals surface area contributed by atoms with Crippen LogP contribution in [0, 0.1) is 5.82 Å². The highest BCUT2D eigenvalue weighted by molar-refractivity contribution is 6.36. The van der Waals surface area contributed by atoms with E-state index in [9.17, 15) is 14.0 Å². The van der Waals surface area contributed by atoms with E-state index in [1.54, 1.807) is 19.4 Å². The van der Waals surface area contributed by atoms with Gasteiger partial charge in [0.1, 0.15) is 0 Å². The van der Waals surface area contributed by atoms with Crippen molar-refractivity contribution in [3.8, 4) is 0 Å². The van der Waals surface area contributed by atoms with E-state index in [4.69, 9.17) is 21.1 Å². The summed E-state index contributed by atoms with van der Waals surface area (Å²) in [5, 5.41) is 0.372. The third kappa shape index (κ3) is 4.74. The fourth-order valence-corrected chi connectivity index (χ4v) is 2.81. The van der Waals surface area contributed by atoms with Crippen LogP contribution in [0.15, 0.2) is 18.3 Å². The molecule has 1 aromatic carbocycles. The Kier molecular flexibility index (Phi) is 7.41. The molecule has 0 saturated heterocycles. The molecule has 2 aromatic rings. The van der Waals surface area contributed by atoms with Gasteiger partial charge in [0.15, 0.2) is 5.82 Å². The molecule has 142 valence electrons. The molecule has 0 unspecified atom stereocenters. The largest absolute Gasteiger partial charge is 0.469 e. The fraction of sp³-hybridized carbons (Fsp3) is 0.444. The number of aryl methyl sites for hydroxylation is 1. The first kappa shape index (κ1) is 20.2. The minimum absolute atomic E-state index is 0.127. The second-order valence-corrected chi connectivity index (χ2v) is 6.03. The molecule has 0 fully saturated rings. The molecule has 0 spiro atoms. The Morgan fingerprint density at radius 3 is 2.69 bits per heavy atom. The fourth-order valence-electron chi connectivity index (χ4n) is 2.55. The summed E-state index contributed by atoms with van der Waals surface area (Å²) in [7, 11) is 2.88. The Balaban J connectivity index is 2.20.